The Morgan fingerprint density at radius 2 is 2.38 bits per heavy atom. The number of hydrogen-bond donors (Lipinski definition) is 2. The lowest BCUT2D eigenvalue weighted by atomic mass is 10.2. The SMILES string of the molecule is CCCNC(=O)NC[C@@H]1CCCO1. The van der Waals surface area contributed by atoms with E-state index in [9.17, 15) is 4.79 Å². The highest BCUT2D eigenvalue weighted by Crippen LogP contribution is 2.10. The number of ether oxygens (including phenoxy) is 1. The number of nitrogens with one attached hydrogen (secondary N) is 2. The fraction of sp³-hybridized carbons (Fsp3) is 0.889. The zero-order chi connectivity index (χ0) is 9.52. The van der Waals surface area contributed by atoms with Crippen LogP contribution in [0.25, 0.3) is 0 Å². The van der Waals surface area contributed by atoms with E-state index in [4.69, 9.17) is 4.74 Å². The van der Waals surface area contributed by atoms with Crippen molar-refractivity contribution in [2.75, 3.05) is 19.7 Å². The maximum absolute atomic E-state index is 11.1. The Morgan fingerprint density at radius 1 is 1.54 bits per heavy atom. The molecule has 0 unspecified atom stereocenters. The molecule has 13 heavy (non-hydrogen) atoms. The van der Waals surface area contributed by atoms with Crippen LogP contribution in [0.1, 0.15) is 26.2 Å². The minimum Gasteiger partial charge on any atom is -0.376 e. The Labute approximate surface area is 79.0 Å². The number of rotatable bonds is 4. The van der Waals surface area contributed by atoms with Crippen molar-refractivity contribution in [2.45, 2.75) is 32.3 Å². The van der Waals surface area contributed by atoms with Gasteiger partial charge in [0, 0.05) is 19.7 Å². The average molecular weight is 186 g/mol. The van der Waals surface area contributed by atoms with Crippen molar-refractivity contribution in [1.82, 2.24) is 10.6 Å². The van der Waals surface area contributed by atoms with Crippen LogP contribution in [0.2, 0.25) is 0 Å². The van der Waals surface area contributed by atoms with Crippen molar-refractivity contribution in [3.63, 3.8) is 0 Å². The number of carbonyl (C=O) groups excluding carboxylic acids is 1. The molecule has 2 N–H and O–H groups in total. The molecular weight excluding hydrogens is 168 g/mol. The monoisotopic (exact) mass is 186 g/mol. The molecule has 1 fully saturated rings. The highest BCUT2D eigenvalue weighted by molar-refractivity contribution is 5.73. The minimum atomic E-state index is -0.0858. The summed E-state index contributed by atoms with van der Waals surface area (Å²) in [5, 5.41) is 5.54. The molecule has 4 nitrogen and oxygen atoms in total. The molecule has 0 aromatic rings. The number of hydrogen-bond acceptors (Lipinski definition) is 2. The summed E-state index contributed by atoms with van der Waals surface area (Å²) in [6.07, 6.45) is 3.37. The van der Waals surface area contributed by atoms with Gasteiger partial charge < -0.3 is 15.4 Å². The summed E-state index contributed by atoms with van der Waals surface area (Å²) in [5.74, 6) is 0. The quantitative estimate of drug-likeness (QED) is 0.684. The predicted molar refractivity (Wildman–Crippen MR) is 50.7 cm³/mol. The molecule has 0 radical (unpaired) electrons. The standard InChI is InChI=1S/C9H18N2O2/c1-2-5-10-9(12)11-7-8-4-3-6-13-8/h8H,2-7H2,1H3,(H2,10,11,12)/t8-/m0/s1. The summed E-state index contributed by atoms with van der Waals surface area (Å²) in [4.78, 5) is 11.1. The van der Waals surface area contributed by atoms with Gasteiger partial charge in [-0.2, -0.15) is 0 Å². The molecule has 0 spiro atoms. The van der Waals surface area contributed by atoms with E-state index in [1.165, 1.54) is 0 Å². The van der Waals surface area contributed by atoms with Gasteiger partial charge in [0.1, 0.15) is 0 Å². The molecule has 4 heteroatoms. The third kappa shape index (κ3) is 4.12. The zero-order valence-electron chi connectivity index (χ0n) is 8.14. The Morgan fingerprint density at radius 3 is 3.00 bits per heavy atom. The summed E-state index contributed by atoms with van der Waals surface area (Å²) >= 11 is 0. The largest absolute Gasteiger partial charge is 0.376 e. The van der Waals surface area contributed by atoms with Gasteiger partial charge >= 0.3 is 6.03 Å². The summed E-state index contributed by atoms with van der Waals surface area (Å²) < 4.78 is 5.37. The van der Waals surface area contributed by atoms with Crippen molar-refractivity contribution in [1.29, 1.82) is 0 Å². The second kappa shape index (κ2) is 5.80. The van der Waals surface area contributed by atoms with Crippen LogP contribution in [0.3, 0.4) is 0 Å². The normalized spacial score (nSPS) is 21.5. The van der Waals surface area contributed by atoms with Crippen molar-refractivity contribution >= 4 is 6.03 Å². The Hall–Kier alpha value is -0.770. The van der Waals surface area contributed by atoms with Crippen LogP contribution >= 0.6 is 0 Å². The van der Waals surface area contributed by atoms with Gasteiger partial charge in [-0.1, -0.05) is 6.92 Å². The van der Waals surface area contributed by atoms with Gasteiger partial charge in [-0.25, -0.2) is 4.79 Å². The molecule has 1 heterocycles. The summed E-state index contributed by atoms with van der Waals surface area (Å²) in [5.41, 5.74) is 0. The lowest BCUT2D eigenvalue weighted by Crippen LogP contribution is -2.39. The first-order chi connectivity index (χ1) is 6.33. The molecule has 0 aliphatic carbocycles. The van der Waals surface area contributed by atoms with Crippen molar-refractivity contribution in [2.24, 2.45) is 0 Å². The zero-order valence-corrected chi connectivity index (χ0v) is 8.14. The molecule has 1 aliphatic rings. The molecule has 76 valence electrons. The van der Waals surface area contributed by atoms with E-state index in [2.05, 4.69) is 10.6 Å². The van der Waals surface area contributed by atoms with E-state index >= 15 is 0 Å². The van der Waals surface area contributed by atoms with E-state index in [1.807, 2.05) is 6.92 Å². The van der Waals surface area contributed by atoms with Gasteiger partial charge in [-0.15, -0.1) is 0 Å². The van der Waals surface area contributed by atoms with Crippen LogP contribution in [-0.4, -0.2) is 31.8 Å². The Bertz CT molecular complexity index is 156. The van der Waals surface area contributed by atoms with Gasteiger partial charge in [0.05, 0.1) is 6.10 Å². The van der Waals surface area contributed by atoms with Crippen molar-refractivity contribution in [3.05, 3.63) is 0 Å². The molecule has 0 aromatic heterocycles. The lowest BCUT2D eigenvalue weighted by molar-refractivity contribution is 0.111. The van der Waals surface area contributed by atoms with Crippen LogP contribution in [0.5, 0.6) is 0 Å². The van der Waals surface area contributed by atoms with Crippen molar-refractivity contribution in [3.8, 4) is 0 Å². The number of urea groups is 1. The first-order valence-electron chi connectivity index (χ1n) is 4.96. The smallest absolute Gasteiger partial charge is 0.314 e. The molecular formula is C9H18N2O2. The summed E-state index contributed by atoms with van der Waals surface area (Å²) in [6, 6.07) is -0.0858. The van der Waals surface area contributed by atoms with Crippen LogP contribution in [-0.2, 0) is 4.74 Å². The van der Waals surface area contributed by atoms with Crippen LogP contribution < -0.4 is 10.6 Å². The third-order valence-electron chi connectivity index (χ3n) is 2.05. The molecule has 2 amide bonds. The highest BCUT2D eigenvalue weighted by Gasteiger charge is 2.15. The molecule has 0 bridgehead atoms. The van der Waals surface area contributed by atoms with Gasteiger partial charge in [0.15, 0.2) is 0 Å². The lowest BCUT2D eigenvalue weighted by Gasteiger charge is -2.11. The predicted octanol–water partition coefficient (Wildman–Crippen LogP) is 0.875. The molecule has 0 aromatic carbocycles. The average Bonchev–Trinajstić information content (AvgIpc) is 2.64. The van der Waals surface area contributed by atoms with Gasteiger partial charge in [0.2, 0.25) is 0 Å². The van der Waals surface area contributed by atoms with E-state index < -0.39 is 0 Å². The number of amides is 2. The fourth-order valence-electron chi connectivity index (χ4n) is 1.31. The molecule has 0 saturated carbocycles. The molecule has 1 aliphatic heterocycles. The molecule has 1 saturated heterocycles. The maximum Gasteiger partial charge on any atom is 0.314 e. The number of carbonyl (C=O) groups is 1. The van der Waals surface area contributed by atoms with E-state index in [-0.39, 0.29) is 12.1 Å². The summed E-state index contributed by atoms with van der Waals surface area (Å²) in [7, 11) is 0. The second-order valence-electron chi connectivity index (χ2n) is 3.27. The topological polar surface area (TPSA) is 50.4 Å². The molecule has 1 rings (SSSR count). The van der Waals surface area contributed by atoms with Crippen LogP contribution in [0.15, 0.2) is 0 Å². The van der Waals surface area contributed by atoms with E-state index in [0.717, 1.165) is 32.4 Å². The van der Waals surface area contributed by atoms with E-state index in [1.54, 1.807) is 0 Å². The highest BCUT2D eigenvalue weighted by atomic mass is 16.5. The first kappa shape index (κ1) is 10.3. The fourth-order valence-corrected chi connectivity index (χ4v) is 1.31. The van der Waals surface area contributed by atoms with Crippen molar-refractivity contribution < 1.29 is 9.53 Å². The van der Waals surface area contributed by atoms with E-state index in [0.29, 0.717) is 6.54 Å². The Kier molecular flexibility index (Phi) is 4.60. The summed E-state index contributed by atoms with van der Waals surface area (Å²) in [6.45, 7) is 4.23. The molecule has 1 atom stereocenters. The van der Waals surface area contributed by atoms with Gasteiger partial charge in [-0.3, -0.25) is 0 Å². The third-order valence-corrected chi connectivity index (χ3v) is 2.05. The van der Waals surface area contributed by atoms with Crippen LogP contribution in [0, 0.1) is 0 Å². The first-order valence-corrected chi connectivity index (χ1v) is 4.96. The van der Waals surface area contributed by atoms with Crippen LogP contribution in [0.4, 0.5) is 4.79 Å². The maximum atomic E-state index is 11.1. The Balaban J connectivity index is 2.00. The second-order valence-corrected chi connectivity index (χ2v) is 3.27. The van der Waals surface area contributed by atoms with Gasteiger partial charge in [0.25, 0.3) is 0 Å². The minimum absolute atomic E-state index is 0.0858. The van der Waals surface area contributed by atoms with Gasteiger partial charge in [-0.05, 0) is 19.3 Å².